The third-order valence-corrected chi connectivity index (χ3v) is 7.00. The Morgan fingerprint density at radius 3 is 2.87 bits per heavy atom. The molecule has 2 aliphatic heterocycles. The van der Waals surface area contributed by atoms with Crippen molar-refractivity contribution in [1.82, 2.24) is 9.88 Å². The molecule has 0 amide bonds. The van der Waals surface area contributed by atoms with E-state index in [1.165, 1.54) is 27.9 Å². The van der Waals surface area contributed by atoms with Crippen molar-refractivity contribution in [3.8, 4) is 0 Å². The predicted octanol–water partition coefficient (Wildman–Crippen LogP) is 5.37. The molecule has 1 saturated carbocycles. The van der Waals surface area contributed by atoms with E-state index in [4.69, 9.17) is 4.98 Å². The summed E-state index contributed by atoms with van der Waals surface area (Å²) >= 11 is 0. The number of anilines is 1. The number of aromatic nitrogens is 1. The molecule has 3 unspecified atom stereocenters. The van der Waals surface area contributed by atoms with E-state index in [0.29, 0.717) is 12.0 Å². The summed E-state index contributed by atoms with van der Waals surface area (Å²) in [6, 6.07) is 19.8. The highest BCUT2D eigenvalue weighted by Crippen LogP contribution is 2.46. The highest BCUT2D eigenvalue weighted by atomic mass is 19.1. The van der Waals surface area contributed by atoms with Crippen molar-refractivity contribution in [1.29, 1.82) is 0 Å². The molecule has 0 bridgehead atoms. The lowest BCUT2D eigenvalue weighted by molar-refractivity contribution is 0.350. The second-order valence-corrected chi connectivity index (χ2v) is 8.93. The molecule has 3 nitrogen and oxygen atoms in total. The molecule has 3 aromatic rings. The number of hydrogen-bond donors (Lipinski definition) is 0. The molecule has 2 fully saturated rings. The molecule has 6 rings (SSSR count). The normalized spacial score (nSPS) is 25.0. The Morgan fingerprint density at radius 2 is 1.97 bits per heavy atom. The molecular weight excluding hydrogens is 373 g/mol. The summed E-state index contributed by atoms with van der Waals surface area (Å²) in [4.78, 5) is 9.80. The van der Waals surface area contributed by atoms with Gasteiger partial charge in [-0.1, -0.05) is 36.4 Å². The van der Waals surface area contributed by atoms with Gasteiger partial charge in [-0.15, -0.1) is 0 Å². The van der Waals surface area contributed by atoms with Gasteiger partial charge in [0, 0.05) is 66.0 Å². The van der Waals surface area contributed by atoms with Gasteiger partial charge in [0.25, 0.3) is 0 Å². The summed E-state index contributed by atoms with van der Waals surface area (Å²) in [5.41, 5.74) is 6.26. The van der Waals surface area contributed by atoms with E-state index in [-0.39, 0.29) is 12.6 Å². The molecule has 3 atom stereocenters. The molecule has 30 heavy (non-hydrogen) atoms. The average Bonchev–Trinajstić information content (AvgIpc) is 3.46. The van der Waals surface area contributed by atoms with Gasteiger partial charge in [0.05, 0.1) is 12.2 Å². The van der Waals surface area contributed by atoms with Crippen LogP contribution < -0.4 is 4.90 Å². The molecule has 3 aliphatic rings. The zero-order valence-corrected chi connectivity index (χ0v) is 17.0. The lowest BCUT2D eigenvalue weighted by atomic mass is 10.0. The Morgan fingerprint density at radius 1 is 1.03 bits per heavy atom. The van der Waals surface area contributed by atoms with Crippen molar-refractivity contribution >= 4 is 22.7 Å². The first-order valence-corrected chi connectivity index (χ1v) is 11.0. The van der Waals surface area contributed by atoms with Crippen molar-refractivity contribution in [3.63, 3.8) is 0 Å². The number of benzene rings is 2. The van der Waals surface area contributed by atoms with Crippen molar-refractivity contribution in [2.45, 2.75) is 31.3 Å². The predicted molar refractivity (Wildman–Crippen MR) is 120 cm³/mol. The van der Waals surface area contributed by atoms with Gasteiger partial charge >= 0.3 is 0 Å². The van der Waals surface area contributed by atoms with Crippen LogP contribution in [0.4, 0.5) is 10.1 Å². The van der Waals surface area contributed by atoms with E-state index in [1.54, 1.807) is 0 Å². The number of halogens is 1. The van der Waals surface area contributed by atoms with Crippen molar-refractivity contribution in [2.24, 2.45) is 5.92 Å². The van der Waals surface area contributed by atoms with Crippen LogP contribution in [0.1, 0.15) is 35.6 Å². The molecule has 2 aromatic carbocycles. The van der Waals surface area contributed by atoms with Crippen LogP contribution >= 0.6 is 0 Å². The fraction of sp³-hybridized carbons (Fsp3) is 0.346. The zero-order valence-electron chi connectivity index (χ0n) is 17.0. The Balaban J connectivity index is 1.23. The van der Waals surface area contributed by atoms with E-state index in [2.05, 4.69) is 76.7 Å². The summed E-state index contributed by atoms with van der Waals surface area (Å²) in [5.74, 6) is 0.679. The SMILES string of the molecule is FCC1CCN(c2cccc3c2CN(C2CC2c2ccc4ccccc4n2)C=C3)C1. The van der Waals surface area contributed by atoms with Gasteiger partial charge in [-0.3, -0.25) is 9.37 Å². The number of alkyl halides is 1. The molecule has 0 N–H and O–H groups in total. The van der Waals surface area contributed by atoms with E-state index in [0.717, 1.165) is 38.0 Å². The standard InChI is InChI=1S/C26H26FN3/c27-15-18-10-12-29(16-18)25-7-3-5-19-11-13-30(17-22(19)25)26-14-21(26)24-9-8-20-4-1-2-6-23(20)28-24/h1-9,11,13,18,21,26H,10,12,14-17H2. The largest absolute Gasteiger partial charge is 0.371 e. The van der Waals surface area contributed by atoms with Crippen LogP contribution in [0.3, 0.4) is 0 Å². The Bertz CT molecular complexity index is 1120. The molecule has 152 valence electrons. The molecule has 4 heteroatoms. The highest BCUT2D eigenvalue weighted by molar-refractivity contribution is 5.78. The van der Waals surface area contributed by atoms with Gasteiger partial charge in [-0.25, -0.2) is 0 Å². The third kappa shape index (κ3) is 3.06. The van der Waals surface area contributed by atoms with E-state index >= 15 is 0 Å². The number of nitrogens with zero attached hydrogens (tertiary/aromatic N) is 3. The quantitative estimate of drug-likeness (QED) is 0.588. The Kier molecular flexibility index (Phi) is 4.26. The molecule has 1 aromatic heterocycles. The number of para-hydroxylation sites is 1. The van der Waals surface area contributed by atoms with E-state index in [1.807, 2.05) is 0 Å². The minimum absolute atomic E-state index is 0.183. The van der Waals surface area contributed by atoms with Crippen LogP contribution in [0.25, 0.3) is 17.0 Å². The highest BCUT2D eigenvalue weighted by Gasteiger charge is 2.43. The molecule has 0 spiro atoms. The average molecular weight is 400 g/mol. The summed E-state index contributed by atoms with van der Waals surface area (Å²) < 4.78 is 13.2. The third-order valence-electron chi connectivity index (χ3n) is 7.00. The molecule has 0 radical (unpaired) electrons. The van der Waals surface area contributed by atoms with Gasteiger partial charge in [-0.05, 0) is 42.7 Å². The van der Waals surface area contributed by atoms with Crippen molar-refractivity contribution in [3.05, 3.63) is 77.6 Å². The second kappa shape index (κ2) is 7.12. The molecular formula is C26H26FN3. The van der Waals surface area contributed by atoms with Crippen LogP contribution in [-0.2, 0) is 6.54 Å². The van der Waals surface area contributed by atoms with Crippen LogP contribution in [0.5, 0.6) is 0 Å². The van der Waals surface area contributed by atoms with Gasteiger partial charge in [0.2, 0.25) is 0 Å². The Hall–Kier alpha value is -2.88. The van der Waals surface area contributed by atoms with Crippen LogP contribution in [0, 0.1) is 5.92 Å². The fourth-order valence-electron chi connectivity index (χ4n) is 5.19. The first-order valence-electron chi connectivity index (χ1n) is 11.0. The summed E-state index contributed by atoms with van der Waals surface area (Å²) in [6.07, 6.45) is 6.61. The Labute approximate surface area is 176 Å². The van der Waals surface area contributed by atoms with E-state index in [9.17, 15) is 4.39 Å². The van der Waals surface area contributed by atoms with Gasteiger partial charge in [0.15, 0.2) is 0 Å². The number of pyridine rings is 1. The van der Waals surface area contributed by atoms with Gasteiger partial charge in [0.1, 0.15) is 0 Å². The minimum Gasteiger partial charge on any atom is -0.371 e. The number of fused-ring (bicyclic) bond motifs is 2. The molecule has 1 saturated heterocycles. The first kappa shape index (κ1) is 17.9. The fourth-order valence-corrected chi connectivity index (χ4v) is 5.19. The van der Waals surface area contributed by atoms with Crippen LogP contribution in [0.2, 0.25) is 0 Å². The van der Waals surface area contributed by atoms with E-state index < -0.39 is 0 Å². The summed E-state index contributed by atoms with van der Waals surface area (Å²) in [5, 5.41) is 1.20. The maximum atomic E-state index is 13.2. The maximum Gasteiger partial charge on any atom is 0.0940 e. The van der Waals surface area contributed by atoms with Crippen molar-refractivity contribution < 1.29 is 4.39 Å². The molecule has 3 heterocycles. The smallest absolute Gasteiger partial charge is 0.0940 e. The van der Waals surface area contributed by atoms with Crippen LogP contribution in [-0.4, -0.2) is 35.7 Å². The van der Waals surface area contributed by atoms with Crippen LogP contribution in [0.15, 0.2) is 60.8 Å². The lowest BCUT2D eigenvalue weighted by Gasteiger charge is -2.30. The van der Waals surface area contributed by atoms with Gasteiger partial charge < -0.3 is 9.80 Å². The van der Waals surface area contributed by atoms with Crippen molar-refractivity contribution in [2.75, 3.05) is 24.7 Å². The monoisotopic (exact) mass is 399 g/mol. The summed E-state index contributed by atoms with van der Waals surface area (Å²) in [7, 11) is 0. The maximum absolute atomic E-state index is 13.2. The minimum atomic E-state index is -0.208. The number of hydrogen-bond acceptors (Lipinski definition) is 3. The number of rotatable bonds is 4. The first-order chi connectivity index (χ1) is 14.8. The topological polar surface area (TPSA) is 19.4 Å². The summed E-state index contributed by atoms with van der Waals surface area (Å²) in [6.45, 7) is 2.51. The zero-order chi connectivity index (χ0) is 20.1. The van der Waals surface area contributed by atoms with Gasteiger partial charge in [-0.2, -0.15) is 0 Å². The lowest BCUT2D eigenvalue weighted by Crippen LogP contribution is -2.27. The molecule has 1 aliphatic carbocycles. The second-order valence-electron chi connectivity index (χ2n) is 8.93.